The molecule has 4 rings (SSSR count). The summed E-state index contributed by atoms with van der Waals surface area (Å²) in [6.07, 6.45) is 3.87. The molecule has 10 heteroatoms. The van der Waals surface area contributed by atoms with Gasteiger partial charge in [0, 0.05) is 24.9 Å². The normalized spacial score (nSPS) is 18.1. The highest BCUT2D eigenvalue weighted by molar-refractivity contribution is 5.67. The van der Waals surface area contributed by atoms with Crippen LogP contribution in [0, 0.1) is 0 Å². The number of amides is 1. The third-order valence-corrected chi connectivity index (χ3v) is 6.01. The highest BCUT2D eigenvalue weighted by Crippen LogP contribution is 2.36. The van der Waals surface area contributed by atoms with Gasteiger partial charge in [-0.3, -0.25) is 0 Å². The number of hydrogen-bond acceptors (Lipinski definition) is 8. The molecule has 1 amide bonds. The predicted molar refractivity (Wildman–Crippen MR) is 141 cm³/mol. The molecule has 2 atom stereocenters. The minimum Gasteiger partial charge on any atom is -0.444 e. The van der Waals surface area contributed by atoms with Crippen molar-refractivity contribution in [3.63, 3.8) is 0 Å². The molecule has 0 spiro atoms. The molecule has 1 aliphatic rings. The van der Waals surface area contributed by atoms with Crippen LogP contribution < -0.4 is 10.6 Å². The first-order valence-corrected chi connectivity index (χ1v) is 12.8. The second kappa shape index (κ2) is 10.5. The highest BCUT2D eigenvalue weighted by Gasteiger charge is 2.29. The van der Waals surface area contributed by atoms with E-state index in [4.69, 9.17) is 19.2 Å². The first kappa shape index (κ1) is 26.7. The van der Waals surface area contributed by atoms with E-state index in [9.17, 15) is 9.90 Å². The van der Waals surface area contributed by atoms with Crippen molar-refractivity contribution in [3.05, 3.63) is 41.9 Å². The third-order valence-electron chi connectivity index (χ3n) is 6.01. The largest absolute Gasteiger partial charge is 0.444 e. The van der Waals surface area contributed by atoms with Crippen LogP contribution in [0.4, 0.5) is 16.4 Å². The maximum Gasteiger partial charge on any atom is 0.407 e. The van der Waals surface area contributed by atoms with E-state index in [2.05, 4.69) is 42.5 Å². The van der Waals surface area contributed by atoms with E-state index in [1.165, 1.54) is 0 Å². The van der Waals surface area contributed by atoms with Crippen LogP contribution in [-0.4, -0.2) is 49.2 Å². The van der Waals surface area contributed by atoms with Gasteiger partial charge in [0.1, 0.15) is 29.2 Å². The van der Waals surface area contributed by atoms with E-state index in [1.807, 2.05) is 43.7 Å². The van der Waals surface area contributed by atoms with Crippen molar-refractivity contribution in [1.29, 1.82) is 0 Å². The van der Waals surface area contributed by atoms with Crippen LogP contribution in [0.3, 0.4) is 0 Å². The van der Waals surface area contributed by atoms with Crippen LogP contribution in [0.2, 0.25) is 0 Å². The van der Waals surface area contributed by atoms with E-state index in [-0.39, 0.29) is 17.6 Å². The number of carbonyl (C=O) groups excluding carboxylic acids is 1. The van der Waals surface area contributed by atoms with Gasteiger partial charge in [0.2, 0.25) is 5.89 Å². The fourth-order valence-corrected chi connectivity index (χ4v) is 4.33. The van der Waals surface area contributed by atoms with E-state index in [0.29, 0.717) is 36.1 Å². The lowest BCUT2D eigenvalue weighted by atomic mass is 10.0. The van der Waals surface area contributed by atoms with Gasteiger partial charge in [-0.15, -0.1) is 0 Å². The Morgan fingerprint density at radius 3 is 2.65 bits per heavy atom. The van der Waals surface area contributed by atoms with Crippen molar-refractivity contribution in [3.8, 4) is 11.6 Å². The summed E-state index contributed by atoms with van der Waals surface area (Å²) in [5.41, 5.74) is 1.52. The molecule has 3 N–H and O–H groups in total. The Kier molecular flexibility index (Phi) is 7.59. The summed E-state index contributed by atoms with van der Waals surface area (Å²) < 4.78 is 12.9. The van der Waals surface area contributed by atoms with Gasteiger partial charge in [-0.05, 0) is 72.9 Å². The summed E-state index contributed by atoms with van der Waals surface area (Å²) in [4.78, 5) is 21.1. The molecule has 37 heavy (non-hydrogen) atoms. The summed E-state index contributed by atoms with van der Waals surface area (Å²) >= 11 is 0. The Hall–Kier alpha value is -3.40. The van der Waals surface area contributed by atoms with E-state index in [0.717, 1.165) is 30.8 Å². The van der Waals surface area contributed by atoms with Crippen LogP contribution >= 0.6 is 0 Å². The molecule has 1 fully saturated rings. The Balaban J connectivity index is 1.44. The molecule has 3 aromatic heterocycles. The first-order chi connectivity index (χ1) is 17.4. The van der Waals surface area contributed by atoms with E-state index < -0.39 is 11.7 Å². The first-order valence-electron chi connectivity index (χ1n) is 12.8. The summed E-state index contributed by atoms with van der Waals surface area (Å²) in [7, 11) is 0. The molecule has 1 saturated carbocycles. The zero-order chi connectivity index (χ0) is 26.8. The molecule has 0 saturated heterocycles. The number of pyridine rings is 1. The van der Waals surface area contributed by atoms with Crippen LogP contribution in [0.5, 0.6) is 0 Å². The van der Waals surface area contributed by atoms with Gasteiger partial charge >= 0.3 is 6.09 Å². The molecular formula is C27H38N6O4. The summed E-state index contributed by atoms with van der Waals surface area (Å²) in [5, 5.41) is 21.0. The van der Waals surface area contributed by atoms with Gasteiger partial charge in [-0.25, -0.2) is 19.4 Å². The average Bonchev–Trinajstić information content (AvgIpc) is 3.52. The molecule has 3 heterocycles. The molecule has 10 nitrogen and oxygen atoms in total. The van der Waals surface area contributed by atoms with E-state index in [1.54, 1.807) is 6.26 Å². The molecule has 0 radical (unpaired) electrons. The quantitative estimate of drug-likeness (QED) is 0.399. The lowest BCUT2D eigenvalue weighted by Gasteiger charge is -2.22. The molecule has 0 bridgehead atoms. The predicted octanol–water partition coefficient (Wildman–Crippen LogP) is 5.13. The Morgan fingerprint density at radius 1 is 1.19 bits per heavy atom. The Labute approximate surface area is 217 Å². The average molecular weight is 511 g/mol. The van der Waals surface area contributed by atoms with Crippen molar-refractivity contribution in [1.82, 2.24) is 25.1 Å². The van der Waals surface area contributed by atoms with Gasteiger partial charge in [-0.2, -0.15) is 5.10 Å². The second-order valence-electron chi connectivity index (χ2n) is 11.6. The van der Waals surface area contributed by atoms with Crippen LogP contribution in [0.15, 0.2) is 34.9 Å². The highest BCUT2D eigenvalue weighted by atomic mass is 16.6. The monoisotopic (exact) mass is 510 g/mol. The number of aliphatic hydroxyl groups is 1. The number of nitrogens with zero attached hydrogens (tertiary/aromatic N) is 4. The number of anilines is 2. The maximum atomic E-state index is 11.8. The third kappa shape index (κ3) is 7.09. The molecule has 1 aliphatic carbocycles. The standard InChI is InChI=1S/C27H38N6O4/c1-26(2,3)33-23(15-21(32-33)17-10-11-19(34)14-17)31-22-9-7-8-20(30-22)24-29-18(16-36-24)12-13-28-25(35)37-27(4,5)6/h7-9,15-17,19,34H,10-14H2,1-6H3,(H,28,35)(H,30,31)/t17-,19+/m0/s1. The SMILES string of the molecule is CC(C)(C)OC(=O)NCCc1coc(-c2cccc(Nc3cc([C@H]4CC[C@@H](O)C4)nn3C(C)(C)C)n2)n1. The summed E-state index contributed by atoms with van der Waals surface area (Å²) in [6, 6.07) is 7.68. The minimum absolute atomic E-state index is 0.236. The number of oxazole rings is 1. The van der Waals surface area contributed by atoms with Crippen molar-refractivity contribution in [2.75, 3.05) is 11.9 Å². The minimum atomic E-state index is -0.541. The number of hydrogen-bond donors (Lipinski definition) is 3. The summed E-state index contributed by atoms with van der Waals surface area (Å²) in [6.45, 7) is 12.2. The molecule has 0 unspecified atom stereocenters. The Morgan fingerprint density at radius 2 is 1.97 bits per heavy atom. The zero-order valence-corrected chi connectivity index (χ0v) is 22.5. The number of ether oxygens (including phenoxy) is 1. The van der Waals surface area contributed by atoms with Gasteiger partial charge in [0.05, 0.1) is 23.0 Å². The van der Waals surface area contributed by atoms with Crippen LogP contribution in [0.1, 0.15) is 78.1 Å². The van der Waals surface area contributed by atoms with Crippen molar-refractivity contribution < 1.29 is 19.1 Å². The lowest BCUT2D eigenvalue weighted by Crippen LogP contribution is -2.33. The fraction of sp³-hybridized carbons (Fsp3) is 0.556. The molecule has 0 aromatic carbocycles. The van der Waals surface area contributed by atoms with Gasteiger partial charge in [-0.1, -0.05) is 6.07 Å². The Bertz CT molecular complexity index is 1220. The van der Waals surface area contributed by atoms with E-state index >= 15 is 0 Å². The zero-order valence-electron chi connectivity index (χ0n) is 22.5. The number of alkyl carbamates (subject to hydrolysis) is 1. The van der Waals surface area contributed by atoms with Crippen LogP contribution in [-0.2, 0) is 16.7 Å². The fourth-order valence-electron chi connectivity index (χ4n) is 4.33. The smallest absolute Gasteiger partial charge is 0.407 e. The molecule has 0 aliphatic heterocycles. The van der Waals surface area contributed by atoms with Gasteiger partial charge in [0.25, 0.3) is 0 Å². The lowest BCUT2D eigenvalue weighted by molar-refractivity contribution is 0.0528. The number of aromatic nitrogens is 4. The number of carbonyl (C=O) groups is 1. The molecule has 200 valence electrons. The van der Waals surface area contributed by atoms with Gasteiger partial charge in [0.15, 0.2) is 0 Å². The van der Waals surface area contributed by atoms with Crippen molar-refractivity contribution in [2.45, 2.75) is 90.4 Å². The number of aliphatic hydroxyl groups excluding tert-OH is 1. The number of nitrogens with one attached hydrogen (secondary N) is 2. The van der Waals surface area contributed by atoms with Crippen molar-refractivity contribution >= 4 is 17.7 Å². The number of rotatable bonds is 7. The topological polar surface area (TPSA) is 127 Å². The molecule has 3 aromatic rings. The molecular weight excluding hydrogens is 472 g/mol. The summed E-state index contributed by atoms with van der Waals surface area (Å²) in [5.74, 6) is 2.15. The van der Waals surface area contributed by atoms with Crippen LogP contribution in [0.25, 0.3) is 11.6 Å². The van der Waals surface area contributed by atoms with Gasteiger partial charge < -0.3 is 24.9 Å². The van der Waals surface area contributed by atoms with Crippen molar-refractivity contribution in [2.24, 2.45) is 0 Å². The maximum absolute atomic E-state index is 11.8. The second-order valence-corrected chi connectivity index (χ2v) is 11.6.